The van der Waals surface area contributed by atoms with Crippen LogP contribution in [-0.2, 0) is 13.2 Å². The molecule has 3 rings (SSSR count). The highest BCUT2D eigenvalue weighted by molar-refractivity contribution is 6.13. The highest BCUT2D eigenvalue weighted by Crippen LogP contribution is 2.33. The van der Waals surface area contributed by atoms with E-state index in [4.69, 9.17) is 5.26 Å². The number of nitriles is 1. The Labute approximate surface area is 179 Å². The fourth-order valence-electron chi connectivity index (χ4n) is 3.16. The monoisotopic (exact) mass is 431 g/mol. The average Bonchev–Trinajstić information content (AvgIpc) is 3.10. The number of carbonyl (C=O) groups excluding carboxylic acids is 1. The van der Waals surface area contributed by atoms with E-state index in [9.17, 15) is 18.0 Å². The molecule has 9 heteroatoms. The van der Waals surface area contributed by atoms with Gasteiger partial charge in [0.05, 0.1) is 34.7 Å². The van der Waals surface area contributed by atoms with Crippen LogP contribution in [-0.4, -0.2) is 32.8 Å². The third kappa shape index (κ3) is 4.38. The molecule has 0 amide bonds. The Kier molecular flexibility index (Phi) is 7.05. The first-order valence-electron chi connectivity index (χ1n) is 9.85. The van der Waals surface area contributed by atoms with Crippen LogP contribution in [0, 0.1) is 11.3 Å². The predicted molar refractivity (Wildman–Crippen MR) is 112 cm³/mol. The van der Waals surface area contributed by atoms with Gasteiger partial charge in [0.15, 0.2) is 0 Å². The molecule has 1 unspecified atom stereocenters. The summed E-state index contributed by atoms with van der Waals surface area (Å²) in [4.78, 5) is 13.1. The van der Waals surface area contributed by atoms with Gasteiger partial charge in [-0.25, -0.2) is 0 Å². The molecular formula is C22H24F3N5O. The van der Waals surface area contributed by atoms with Crippen molar-refractivity contribution >= 4 is 17.7 Å². The molecular weight excluding hydrogens is 407 g/mol. The Balaban J connectivity index is 0.00000166. The number of fused-ring (bicyclic) bond motifs is 1. The third-order valence-corrected chi connectivity index (χ3v) is 4.88. The third-order valence-electron chi connectivity index (χ3n) is 4.88. The normalized spacial score (nSPS) is 13.8. The minimum Gasteiger partial charge on any atom is -0.287 e. The number of hydrogen-bond acceptors (Lipinski definition) is 5. The molecule has 31 heavy (non-hydrogen) atoms. The van der Waals surface area contributed by atoms with Gasteiger partial charge in [0.1, 0.15) is 11.4 Å². The molecule has 1 atom stereocenters. The summed E-state index contributed by atoms with van der Waals surface area (Å²) in [6, 6.07) is 4.35. The molecule has 0 fully saturated rings. The molecule has 1 aromatic heterocycles. The van der Waals surface area contributed by atoms with E-state index in [1.807, 2.05) is 27.7 Å². The predicted octanol–water partition coefficient (Wildman–Crippen LogP) is 4.99. The standard InChI is InChI=1S/C20H18F3N5O.C2H6/c1-5-11(2)28-12(3)17-15(10-25-28)18(27(4)26-17)19(29)13-6-7-16(20(21,22)23)14(8-13)9-24;1-2/h6-8,10-11H,3,5H2,1-2,4H3;1-2H3. The number of hydrogen-bond donors (Lipinski definition) is 0. The minimum absolute atomic E-state index is 0.0382. The lowest BCUT2D eigenvalue weighted by molar-refractivity contribution is -0.137. The van der Waals surface area contributed by atoms with Crippen molar-refractivity contribution in [3.63, 3.8) is 0 Å². The van der Waals surface area contributed by atoms with Crippen LogP contribution in [0.2, 0.25) is 0 Å². The number of aryl methyl sites for hydroxylation is 1. The second-order valence-corrected chi connectivity index (χ2v) is 6.73. The summed E-state index contributed by atoms with van der Waals surface area (Å²) in [6.07, 6.45) is -2.35. The maximum atomic E-state index is 13.1. The van der Waals surface area contributed by atoms with Crippen molar-refractivity contribution in [2.45, 2.75) is 46.3 Å². The van der Waals surface area contributed by atoms with Crippen molar-refractivity contribution in [1.29, 1.82) is 5.26 Å². The number of rotatable bonds is 4. The van der Waals surface area contributed by atoms with E-state index in [2.05, 4.69) is 16.8 Å². The zero-order valence-electron chi connectivity index (χ0n) is 18.1. The van der Waals surface area contributed by atoms with Gasteiger partial charge in [-0.1, -0.05) is 33.4 Å². The number of halogens is 3. The van der Waals surface area contributed by atoms with Crippen LogP contribution in [0.4, 0.5) is 13.2 Å². The highest BCUT2D eigenvalue weighted by Gasteiger charge is 2.35. The van der Waals surface area contributed by atoms with E-state index >= 15 is 0 Å². The summed E-state index contributed by atoms with van der Waals surface area (Å²) < 4.78 is 40.4. The molecule has 1 aromatic carbocycles. The molecule has 0 saturated carbocycles. The summed E-state index contributed by atoms with van der Waals surface area (Å²) in [6.45, 7) is 12.0. The fourth-order valence-corrected chi connectivity index (χ4v) is 3.16. The number of aromatic nitrogens is 2. The second kappa shape index (κ2) is 9.16. The van der Waals surface area contributed by atoms with E-state index in [1.54, 1.807) is 12.1 Å². The van der Waals surface area contributed by atoms with Crippen LogP contribution < -0.4 is 0 Å². The molecule has 0 bridgehead atoms. The van der Waals surface area contributed by atoms with Gasteiger partial charge < -0.3 is 0 Å². The summed E-state index contributed by atoms with van der Waals surface area (Å²) >= 11 is 0. The number of ketones is 1. The first-order chi connectivity index (χ1) is 14.6. The maximum absolute atomic E-state index is 13.1. The fraction of sp³-hybridized carbons (Fsp3) is 0.364. The topological polar surface area (TPSA) is 74.3 Å². The number of benzene rings is 1. The van der Waals surface area contributed by atoms with E-state index in [0.29, 0.717) is 17.0 Å². The lowest BCUT2D eigenvalue weighted by atomic mass is 9.98. The van der Waals surface area contributed by atoms with E-state index < -0.39 is 23.1 Å². The molecule has 0 aliphatic carbocycles. The van der Waals surface area contributed by atoms with Gasteiger partial charge >= 0.3 is 6.18 Å². The van der Waals surface area contributed by atoms with Gasteiger partial charge in [0.25, 0.3) is 0 Å². The zero-order valence-corrected chi connectivity index (χ0v) is 18.1. The number of hydrazone groups is 1. The molecule has 0 spiro atoms. The first-order valence-corrected chi connectivity index (χ1v) is 9.85. The zero-order chi connectivity index (χ0) is 23.5. The van der Waals surface area contributed by atoms with E-state index in [-0.39, 0.29) is 17.3 Å². The average molecular weight is 431 g/mol. The maximum Gasteiger partial charge on any atom is 0.417 e. The lowest BCUT2D eigenvalue weighted by Crippen LogP contribution is -2.28. The summed E-state index contributed by atoms with van der Waals surface area (Å²) in [7, 11) is 1.57. The second-order valence-electron chi connectivity index (χ2n) is 6.73. The van der Waals surface area contributed by atoms with Gasteiger partial charge in [-0.2, -0.15) is 28.6 Å². The van der Waals surface area contributed by atoms with Gasteiger partial charge in [0.2, 0.25) is 5.78 Å². The van der Waals surface area contributed by atoms with Crippen molar-refractivity contribution in [1.82, 2.24) is 14.8 Å². The number of carbonyl (C=O) groups is 1. The van der Waals surface area contributed by atoms with Crippen molar-refractivity contribution < 1.29 is 18.0 Å². The largest absolute Gasteiger partial charge is 0.417 e. The smallest absolute Gasteiger partial charge is 0.287 e. The molecule has 1 aliphatic heterocycles. The van der Waals surface area contributed by atoms with E-state index in [0.717, 1.165) is 24.6 Å². The molecule has 2 aromatic rings. The molecule has 164 valence electrons. The Bertz CT molecular complexity index is 1080. The van der Waals surface area contributed by atoms with Crippen LogP contribution in [0.1, 0.15) is 72.6 Å². The van der Waals surface area contributed by atoms with Gasteiger partial charge in [-0.15, -0.1) is 0 Å². The lowest BCUT2D eigenvalue weighted by Gasteiger charge is -2.28. The van der Waals surface area contributed by atoms with Crippen molar-refractivity contribution in [2.24, 2.45) is 12.1 Å². The van der Waals surface area contributed by atoms with Crippen LogP contribution in [0.25, 0.3) is 5.70 Å². The summed E-state index contributed by atoms with van der Waals surface area (Å²) in [5, 5.41) is 19.5. The molecule has 0 saturated heterocycles. The van der Waals surface area contributed by atoms with Crippen LogP contribution in [0.5, 0.6) is 0 Å². The van der Waals surface area contributed by atoms with Crippen molar-refractivity contribution in [3.8, 4) is 6.07 Å². The van der Waals surface area contributed by atoms with Gasteiger partial charge in [-0.3, -0.25) is 14.5 Å². The minimum atomic E-state index is -4.68. The van der Waals surface area contributed by atoms with Crippen molar-refractivity contribution in [2.75, 3.05) is 0 Å². The molecule has 2 heterocycles. The number of alkyl halides is 3. The summed E-state index contributed by atoms with van der Waals surface area (Å²) in [5.74, 6) is -0.553. The van der Waals surface area contributed by atoms with Gasteiger partial charge in [-0.05, 0) is 25.5 Å². The molecule has 0 radical (unpaired) electrons. The molecule has 1 aliphatic rings. The SMILES string of the molecule is C=C1c2nn(C)c(C(=O)c3ccc(C(F)(F)F)c(C#N)c3)c2C=NN1C(C)CC.CC. The highest BCUT2D eigenvalue weighted by atomic mass is 19.4. The Hall–Kier alpha value is -3.41. The van der Waals surface area contributed by atoms with Crippen molar-refractivity contribution in [3.05, 3.63) is 58.4 Å². The Morgan fingerprint density at radius 1 is 1.32 bits per heavy atom. The number of nitrogens with zero attached hydrogens (tertiary/aromatic N) is 5. The Morgan fingerprint density at radius 3 is 2.52 bits per heavy atom. The van der Waals surface area contributed by atoms with E-state index in [1.165, 1.54) is 17.0 Å². The first kappa shape index (κ1) is 23.9. The van der Waals surface area contributed by atoms with Crippen LogP contribution >= 0.6 is 0 Å². The van der Waals surface area contributed by atoms with Gasteiger partial charge in [0, 0.05) is 18.7 Å². The molecule has 0 N–H and O–H groups in total. The van der Waals surface area contributed by atoms with Crippen LogP contribution in [0.3, 0.4) is 0 Å². The quantitative estimate of drug-likeness (QED) is 0.640. The van der Waals surface area contributed by atoms with Crippen LogP contribution in [0.15, 0.2) is 29.9 Å². The Morgan fingerprint density at radius 2 is 1.97 bits per heavy atom. The summed E-state index contributed by atoms with van der Waals surface area (Å²) in [5.41, 5.74) is -0.0974. The molecule has 6 nitrogen and oxygen atoms in total.